The maximum Gasteiger partial charge on any atom is 0.203 e. The molecule has 0 amide bonds. The smallest absolute Gasteiger partial charge is 0.203 e. The van der Waals surface area contributed by atoms with Gasteiger partial charge in [0.1, 0.15) is 12.4 Å². The quantitative estimate of drug-likeness (QED) is 0.510. The fourth-order valence-electron chi connectivity index (χ4n) is 2.08. The van der Waals surface area contributed by atoms with E-state index in [1.165, 1.54) is 11.3 Å². The van der Waals surface area contributed by atoms with Gasteiger partial charge < -0.3 is 4.74 Å². The topological polar surface area (TPSA) is 46.5 Å². The second-order valence-corrected chi connectivity index (χ2v) is 6.13. The van der Waals surface area contributed by atoms with Crippen LogP contribution in [0.15, 0.2) is 52.9 Å². The van der Waals surface area contributed by atoms with Crippen LogP contribution in [0.1, 0.15) is 16.8 Å². The molecule has 128 valence electrons. The minimum absolute atomic E-state index is 0.111. The summed E-state index contributed by atoms with van der Waals surface area (Å²) in [6.07, 6.45) is 1.66. The molecule has 7 heteroatoms. The standard InChI is InChI=1S/C18H15F2N3OS/c1-12-11-25-18(22-12)23-21-9-13-3-2-4-14(7-13)10-24-17-8-15(19)5-6-16(17)20/h2-9,11H,10H2,1H3,(H,22,23). The van der Waals surface area contributed by atoms with Crippen molar-refractivity contribution in [2.75, 3.05) is 5.43 Å². The summed E-state index contributed by atoms with van der Waals surface area (Å²) in [5.74, 6) is -1.25. The Morgan fingerprint density at radius 1 is 1.24 bits per heavy atom. The number of aromatic nitrogens is 1. The van der Waals surface area contributed by atoms with Crippen molar-refractivity contribution in [3.05, 3.63) is 76.3 Å². The maximum absolute atomic E-state index is 13.6. The highest BCUT2D eigenvalue weighted by Crippen LogP contribution is 2.19. The third-order valence-electron chi connectivity index (χ3n) is 3.23. The van der Waals surface area contributed by atoms with Crippen molar-refractivity contribution in [2.45, 2.75) is 13.5 Å². The van der Waals surface area contributed by atoms with Crippen LogP contribution in [0.4, 0.5) is 13.9 Å². The van der Waals surface area contributed by atoms with Gasteiger partial charge in [-0.05, 0) is 36.2 Å². The highest BCUT2D eigenvalue weighted by atomic mass is 32.1. The van der Waals surface area contributed by atoms with Gasteiger partial charge in [-0.2, -0.15) is 5.10 Å². The Morgan fingerprint density at radius 2 is 2.12 bits per heavy atom. The summed E-state index contributed by atoms with van der Waals surface area (Å²) in [5.41, 5.74) is 5.46. The zero-order chi connectivity index (χ0) is 17.6. The SMILES string of the molecule is Cc1csc(NN=Cc2cccc(COc3cc(F)ccc3F)c2)n1. The molecule has 1 N–H and O–H groups in total. The number of anilines is 1. The van der Waals surface area contributed by atoms with Crippen LogP contribution in [0.5, 0.6) is 5.75 Å². The average molecular weight is 359 g/mol. The third kappa shape index (κ3) is 4.84. The zero-order valence-corrected chi connectivity index (χ0v) is 14.2. The lowest BCUT2D eigenvalue weighted by atomic mass is 10.1. The molecule has 0 saturated heterocycles. The maximum atomic E-state index is 13.6. The molecule has 0 spiro atoms. The molecule has 1 heterocycles. The number of ether oxygens (including phenoxy) is 1. The molecule has 3 rings (SSSR count). The molecule has 0 fully saturated rings. The first kappa shape index (κ1) is 17.0. The van der Waals surface area contributed by atoms with Gasteiger partial charge in [-0.15, -0.1) is 11.3 Å². The van der Waals surface area contributed by atoms with E-state index in [0.717, 1.165) is 40.2 Å². The summed E-state index contributed by atoms with van der Waals surface area (Å²) in [6.45, 7) is 2.04. The molecule has 0 aliphatic rings. The van der Waals surface area contributed by atoms with Gasteiger partial charge in [0.05, 0.1) is 11.9 Å². The number of halogens is 2. The highest BCUT2D eigenvalue weighted by molar-refractivity contribution is 7.13. The fourth-order valence-corrected chi connectivity index (χ4v) is 2.72. The number of nitrogens with zero attached hydrogens (tertiary/aromatic N) is 2. The second kappa shape index (κ2) is 7.85. The van der Waals surface area contributed by atoms with Gasteiger partial charge in [-0.3, -0.25) is 5.43 Å². The van der Waals surface area contributed by atoms with E-state index in [0.29, 0.717) is 0 Å². The lowest BCUT2D eigenvalue weighted by Crippen LogP contribution is -1.99. The van der Waals surface area contributed by atoms with Crippen LogP contribution < -0.4 is 10.2 Å². The number of rotatable bonds is 6. The predicted octanol–water partition coefficient (Wildman–Crippen LogP) is 4.75. The fraction of sp³-hybridized carbons (Fsp3) is 0.111. The summed E-state index contributed by atoms with van der Waals surface area (Å²) in [7, 11) is 0. The van der Waals surface area contributed by atoms with E-state index in [-0.39, 0.29) is 12.4 Å². The first-order valence-electron chi connectivity index (χ1n) is 7.48. The third-order valence-corrected chi connectivity index (χ3v) is 4.10. The largest absolute Gasteiger partial charge is 0.486 e. The first-order valence-corrected chi connectivity index (χ1v) is 8.36. The van der Waals surface area contributed by atoms with Gasteiger partial charge in [0.15, 0.2) is 11.6 Å². The van der Waals surface area contributed by atoms with Crippen LogP contribution >= 0.6 is 11.3 Å². The van der Waals surface area contributed by atoms with Gasteiger partial charge in [-0.25, -0.2) is 13.8 Å². The molecule has 0 aliphatic carbocycles. The van der Waals surface area contributed by atoms with E-state index in [4.69, 9.17) is 4.74 Å². The number of nitrogens with one attached hydrogen (secondary N) is 1. The Labute approximate surface area is 147 Å². The molecule has 4 nitrogen and oxygen atoms in total. The Kier molecular flexibility index (Phi) is 5.35. The average Bonchev–Trinajstić information content (AvgIpc) is 3.01. The van der Waals surface area contributed by atoms with Crippen LogP contribution in [0.3, 0.4) is 0 Å². The van der Waals surface area contributed by atoms with E-state index in [9.17, 15) is 8.78 Å². The van der Waals surface area contributed by atoms with Crippen LogP contribution in [0.2, 0.25) is 0 Å². The Bertz CT molecular complexity index is 896. The number of benzene rings is 2. The zero-order valence-electron chi connectivity index (χ0n) is 13.4. The second-order valence-electron chi connectivity index (χ2n) is 5.27. The highest BCUT2D eigenvalue weighted by Gasteiger charge is 2.05. The Morgan fingerprint density at radius 3 is 2.92 bits per heavy atom. The van der Waals surface area contributed by atoms with Gasteiger partial charge in [0.2, 0.25) is 5.13 Å². The van der Waals surface area contributed by atoms with E-state index in [1.807, 2.05) is 36.6 Å². The number of hydrazone groups is 1. The van der Waals surface area contributed by atoms with Gasteiger partial charge in [0, 0.05) is 11.4 Å². The van der Waals surface area contributed by atoms with Crippen LogP contribution in [-0.2, 0) is 6.61 Å². The van der Waals surface area contributed by atoms with Gasteiger partial charge in [0.25, 0.3) is 0 Å². The van der Waals surface area contributed by atoms with Crippen LogP contribution in [0.25, 0.3) is 0 Å². The van der Waals surface area contributed by atoms with Crippen molar-refractivity contribution in [3.8, 4) is 5.75 Å². The number of thiazole rings is 1. The minimum Gasteiger partial charge on any atom is -0.486 e. The van der Waals surface area contributed by atoms with Gasteiger partial charge in [-0.1, -0.05) is 18.2 Å². The molecule has 3 aromatic rings. The normalized spacial score (nSPS) is 11.0. The summed E-state index contributed by atoms with van der Waals surface area (Å²) < 4.78 is 32.0. The van der Waals surface area contributed by atoms with Gasteiger partial charge >= 0.3 is 0 Å². The van der Waals surface area contributed by atoms with Crippen molar-refractivity contribution >= 4 is 22.7 Å². The predicted molar refractivity (Wildman–Crippen MR) is 95.2 cm³/mol. The molecule has 0 atom stereocenters. The molecule has 0 unspecified atom stereocenters. The molecule has 1 aromatic heterocycles. The molecule has 0 radical (unpaired) electrons. The number of aryl methyl sites for hydroxylation is 1. The van der Waals surface area contributed by atoms with Crippen LogP contribution in [0, 0.1) is 18.6 Å². The van der Waals surface area contributed by atoms with E-state index < -0.39 is 11.6 Å². The molecule has 0 aliphatic heterocycles. The lowest BCUT2D eigenvalue weighted by molar-refractivity contribution is 0.288. The van der Waals surface area contributed by atoms with Crippen molar-refractivity contribution in [2.24, 2.45) is 5.10 Å². The number of hydrogen-bond acceptors (Lipinski definition) is 5. The van der Waals surface area contributed by atoms with Crippen molar-refractivity contribution in [1.82, 2.24) is 4.98 Å². The summed E-state index contributed by atoms with van der Waals surface area (Å²) >= 11 is 1.47. The first-order chi connectivity index (χ1) is 12.1. The van der Waals surface area contributed by atoms with E-state index >= 15 is 0 Å². The lowest BCUT2D eigenvalue weighted by Gasteiger charge is -2.08. The number of hydrogen-bond donors (Lipinski definition) is 1. The van der Waals surface area contributed by atoms with Crippen LogP contribution in [-0.4, -0.2) is 11.2 Å². The van der Waals surface area contributed by atoms with Crippen molar-refractivity contribution in [3.63, 3.8) is 0 Å². The molecular weight excluding hydrogens is 344 g/mol. The molecule has 0 saturated carbocycles. The molecular formula is C18H15F2N3OS. The molecule has 0 bridgehead atoms. The van der Waals surface area contributed by atoms with Crippen molar-refractivity contribution < 1.29 is 13.5 Å². The Hall–Kier alpha value is -2.80. The Balaban J connectivity index is 1.62. The monoisotopic (exact) mass is 359 g/mol. The summed E-state index contributed by atoms with van der Waals surface area (Å²) in [4.78, 5) is 4.25. The minimum atomic E-state index is -0.595. The summed E-state index contributed by atoms with van der Waals surface area (Å²) in [6, 6.07) is 10.5. The van der Waals surface area contributed by atoms with E-state index in [1.54, 1.807) is 6.21 Å². The summed E-state index contributed by atoms with van der Waals surface area (Å²) in [5, 5.41) is 6.78. The molecule has 25 heavy (non-hydrogen) atoms. The van der Waals surface area contributed by atoms with Crippen molar-refractivity contribution in [1.29, 1.82) is 0 Å². The molecule has 2 aromatic carbocycles. The van der Waals surface area contributed by atoms with E-state index in [2.05, 4.69) is 15.5 Å².